The van der Waals surface area contributed by atoms with Crippen molar-refractivity contribution in [3.8, 4) is 0 Å². The first kappa shape index (κ1) is 10.7. The molecule has 0 aromatic carbocycles. The molecule has 2 N–H and O–H groups in total. The highest BCUT2D eigenvalue weighted by molar-refractivity contribution is 9.09. The lowest BCUT2D eigenvalue weighted by Crippen LogP contribution is -2.38. The quantitative estimate of drug-likeness (QED) is 0.806. The molecular formula is C10H14BrN3O. The zero-order valence-corrected chi connectivity index (χ0v) is 10.2. The van der Waals surface area contributed by atoms with Crippen LogP contribution in [0, 0.1) is 6.92 Å². The number of hydrogen-bond acceptors (Lipinski definition) is 2. The van der Waals surface area contributed by atoms with Crippen molar-refractivity contribution in [3.63, 3.8) is 0 Å². The molecule has 82 valence electrons. The second-order valence-corrected chi connectivity index (χ2v) is 5.13. The number of aryl methyl sites for hydroxylation is 1. The van der Waals surface area contributed by atoms with E-state index in [0.29, 0.717) is 10.5 Å². The van der Waals surface area contributed by atoms with Crippen molar-refractivity contribution in [1.29, 1.82) is 0 Å². The fourth-order valence-corrected chi connectivity index (χ4v) is 2.61. The van der Waals surface area contributed by atoms with Gasteiger partial charge < -0.3 is 5.32 Å². The Bertz CT molecular complexity index is 363. The lowest BCUT2D eigenvalue weighted by Gasteiger charge is -2.15. The number of carbonyl (C=O) groups is 1. The van der Waals surface area contributed by atoms with Gasteiger partial charge in [0.25, 0.3) is 5.91 Å². The van der Waals surface area contributed by atoms with Crippen LogP contribution in [-0.4, -0.2) is 27.0 Å². The maximum absolute atomic E-state index is 11.8. The van der Waals surface area contributed by atoms with E-state index in [1.807, 2.05) is 6.92 Å². The zero-order chi connectivity index (χ0) is 10.8. The Labute approximate surface area is 97.0 Å². The Kier molecular flexibility index (Phi) is 3.09. The van der Waals surface area contributed by atoms with Crippen LogP contribution in [0.1, 0.15) is 35.3 Å². The summed E-state index contributed by atoms with van der Waals surface area (Å²) < 4.78 is 0. The molecule has 2 rings (SSSR count). The van der Waals surface area contributed by atoms with Gasteiger partial charge >= 0.3 is 0 Å². The van der Waals surface area contributed by atoms with Crippen molar-refractivity contribution >= 4 is 21.8 Å². The molecule has 0 saturated heterocycles. The predicted molar refractivity (Wildman–Crippen MR) is 61.1 cm³/mol. The summed E-state index contributed by atoms with van der Waals surface area (Å²) in [6.07, 6.45) is 5.01. The van der Waals surface area contributed by atoms with Gasteiger partial charge in [-0.05, 0) is 25.3 Å². The number of hydrogen-bond donors (Lipinski definition) is 2. The molecule has 1 aromatic heterocycles. The minimum absolute atomic E-state index is 0.0543. The Balaban J connectivity index is 2.01. The summed E-state index contributed by atoms with van der Waals surface area (Å²) >= 11 is 3.57. The van der Waals surface area contributed by atoms with E-state index < -0.39 is 0 Å². The van der Waals surface area contributed by atoms with E-state index in [9.17, 15) is 4.79 Å². The molecule has 1 amide bonds. The summed E-state index contributed by atoms with van der Waals surface area (Å²) in [4.78, 5) is 12.2. The van der Waals surface area contributed by atoms with Gasteiger partial charge in [-0.15, -0.1) is 0 Å². The van der Waals surface area contributed by atoms with Crippen LogP contribution < -0.4 is 5.32 Å². The van der Waals surface area contributed by atoms with Crippen LogP contribution in [0.5, 0.6) is 0 Å². The topological polar surface area (TPSA) is 57.8 Å². The highest BCUT2D eigenvalue weighted by atomic mass is 79.9. The number of amides is 1. The number of nitrogens with zero attached hydrogens (tertiary/aromatic N) is 1. The van der Waals surface area contributed by atoms with E-state index >= 15 is 0 Å². The summed E-state index contributed by atoms with van der Waals surface area (Å²) in [6.45, 7) is 1.87. The van der Waals surface area contributed by atoms with Gasteiger partial charge in [-0.25, -0.2) is 0 Å². The first-order valence-electron chi connectivity index (χ1n) is 5.13. The van der Waals surface area contributed by atoms with Gasteiger partial charge in [0.15, 0.2) is 0 Å². The summed E-state index contributed by atoms with van der Waals surface area (Å²) in [5.74, 6) is -0.0543. The number of H-pyrrole nitrogens is 1. The molecule has 0 radical (unpaired) electrons. The van der Waals surface area contributed by atoms with Gasteiger partial charge in [-0.1, -0.05) is 22.4 Å². The molecule has 2 atom stereocenters. The van der Waals surface area contributed by atoms with Crippen molar-refractivity contribution < 1.29 is 4.79 Å². The summed E-state index contributed by atoms with van der Waals surface area (Å²) in [5.41, 5.74) is 1.46. The molecule has 0 spiro atoms. The molecule has 1 saturated carbocycles. The van der Waals surface area contributed by atoms with Gasteiger partial charge in [0.2, 0.25) is 0 Å². The van der Waals surface area contributed by atoms with Crippen molar-refractivity contribution in [2.45, 2.75) is 37.1 Å². The second kappa shape index (κ2) is 4.35. The van der Waals surface area contributed by atoms with Crippen LogP contribution in [0.4, 0.5) is 0 Å². The van der Waals surface area contributed by atoms with Crippen molar-refractivity contribution in [1.82, 2.24) is 15.5 Å². The van der Waals surface area contributed by atoms with Crippen LogP contribution in [-0.2, 0) is 0 Å². The van der Waals surface area contributed by atoms with Crippen LogP contribution in [0.25, 0.3) is 0 Å². The number of carbonyl (C=O) groups excluding carboxylic acids is 1. The number of alkyl halides is 1. The summed E-state index contributed by atoms with van der Waals surface area (Å²) in [7, 11) is 0. The molecular weight excluding hydrogens is 258 g/mol. The monoisotopic (exact) mass is 271 g/mol. The molecule has 0 bridgehead atoms. The first-order chi connectivity index (χ1) is 7.18. The van der Waals surface area contributed by atoms with E-state index in [1.54, 1.807) is 6.20 Å². The van der Waals surface area contributed by atoms with Crippen molar-refractivity contribution in [2.75, 3.05) is 0 Å². The van der Waals surface area contributed by atoms with Crippen LogP contribution in [0.2, 0.25) is 0 Å². The van der Waals surface area contributed by atoms with Crippen LogP contribution in [0.15, 0.2) is 6.20 Å². The van der Waals surface area contributed by atoms with Crippen molar-refractivity contribution in [3.05, 3.63) is 17.5 Å². The third kappa shape index (κ3) is 2.22. The molecule has 15 heavy (non-hydrogen) atoms. The molecule has 1 fully saturated rings. The average molecular weight is 272 g/mol. The smallest absolute Gasteiger partial charge is 0.269 e. The van der Waals surface area contributed by atoms with Gasteiger partial charge in [0.1, 0.15) is 5.69 Å². The minimum atomic E-state index is -0.0543. The normalized spacial score (nSPS) is 25.5. The van der Waals surface area contributed by atoms with E-state index in [2.05, 4.69) is 31.4 Å². The number of nitrogens with one attached hydrogen (secondary N) is 2. The Morgan fingerprint density at radius 1 is 1.67 bits per heavy atom. The second-order valence-electron chi connectivity index (χ2n) is 3.95. The lowest BCUT2D eigenvalue weighted by molar-refractivity contribution is 0.0933. The fraction of sp³-hybridized carbons (Fsp3) is 0.600. The molecule has 2 unspecified atom stereocenters. The third-order valence-corrected chi connectivity index (χ3v) is 3.90. The van der Waals surface area contributed by atoms with E-state index in [1.165, 1.54) is 6.42 Å². The maximum Gasteiger partial charge on any atom is 0.269 e. The van der Waals surface area contributed by atoms with Gasteiger partial charge in [-0.3, -0.25) is 9.89 Å². The average Bonchev–Trinajstić information content (AvgIpc) is 2.76. The Morgan fingerprint density at radius 2 is 2.47 bits per heavy atom. The van der Waals surface area contributed by atoms with Crippen LogP contribution in [0.3, 0.4) is 0 Å². The molecule has 0 aliphatic heterocycles. The zero-order valence-electron chi connectivity index (χ0n) is 8.59. The standard InChI is InChI=1S/C10H14BrN3O/c1-6-5-12-14-9(6)10(15)13-8-4-2-3-7(8)11/h5,7-8H,2-4H2,1H3,(H,12,14)(H,13,15). The largest absolute Gasteiger partial charge is 0.347 e. The number of halogens is 1. The van der Waals surface area contributed by atoms with Crippen molar-refractivity contribution in [2.24, 2.45) is 0 Å². The van der Waals surface area contributed by atoms with Gasteiger partial charge in [-0.2, -0.15) is 5.10 Å². The SMILES string of the molecule is Cc1cn[nH]c1C(=O)NC1CCCC1Br. The van der Waals surface area contributed by atoms with Crippen LogP contribution >= 0.6 is 15.9 Å². The highest BCUT2D eigenvalue weighted by Gasteiger charge is 2.27. The third-order valence-electron chi connectivity index (χ3n) is 2.80. The number of aromatic nitrogens is 2. The van der Waals surface area contributed by atoms with E-state index in [0.717, 1.165) is 18.4 Å². The van der Waals surface area contributed by atoms with Gasteiger partial charge in [0, 0.05) is 10.9 Å². The molecule has 4 nitrogen and oxygen atoms in total. The van der Waals surface area contributed by atoms with E-state index in [4.69, 9.17) is 0 Å². The summed E-state index contributed by atoms with van der Waals surface area (Å²) in [5, 5.41) is 9.57. The Morgan fingerprint density at radius 3 is 3.00 bits per heavy atom. The predicted octanol–water partition coefficient (Wildman–Crippen LogP) is 1.76. The molecule has 1 aliphatic carbocycles. The Hall–Kier alpha value is -0.840. The molecule has 5 heteroatoms. The minimum Gasteiger partial charge on any atom is -0.347 e. The first-order valence-corrected chi connectivity index (χ1v) is 6.05. The summed E-state index contributed by atoms with van der Waals surface area (Å²) in [6, 6.07) is 0.250. The van der Waals surface area contributed by atoms with Gasteiger partial charge in [0.05, 0.1) is 6.20 Å². The fourth-order valence-electron chi connectivity index (χ4n) is 1.89. The molecule has 1 aliphatic rings. The van der Waals surface area contributed by atoms with E-state index in [-0.39, 0.29) is 11.9 Å². The molecule has 1 aromatic rings. The molecule has 1 heterocycles. The number of rotatable bonds is 2. The maximum atomic E-state index is 11.8. The lowest BCUT2D eigenvalue weighted by atomic mass is 10.2. The number of aromatic amines is 1. The highest BCUT2D eigenvalue weighted by Crippen LogP contribution is 2.25.